The standard InChI is InChI=1S/C9H13F3N2O3/c10-9(11,12)5-13-4-7(15)14-3-1-2-6(14)8(16)17/h6,13H,1-5H2,(H,16,17). The lowest BCUT2D eigenvalue weighted by atomic mass is 10.2. The molecule has 1 fully saturated rings. The van der Waals surface area contributed by atoms with Crippen molar-refractivity contribution >= 4 is 11.9 Å². The predicted molar refractivity (Wildman–Crippen MR) is 51.3 cm³/mol. The van der Waals surface area contributed by atoms with E-state index in [9.17, 15) is 22.8 Å². The number of nitrogens with one attached hydrogen (secondary N) is 1. The number of likely N-dealkylation sites (tertiary alicyclic amines) is 1. The number of carboxylic acids is 1. The number of rotatable bonds is 4. The minimum absolute atomic E-state index is 0.281. The predicted octanol–water partition coefficient (Wildman–Crippen LogP) is 0.214. The maximum Gasteiger partial charge on any atom is 0.401 e. The number of alkyl halides is 3. The third kappa shape index (κ3) is 4.22. The molecule has 0 aromatic heterocycles. The SMILES string of the molecule is O=C(O)C1CCCN1C(=O)CNCC(F)(F)F. The molecule has 0 spiro atoms. The lowest BCUT2D eigenvalue weighted by Crippen LogP contribution is -2.45. The Bertz CT molecular complexity index is 306. The molecule has 0 radical (unpaired) electrons. The van der Waals surface area contributed by atoms with Crippen LogP contribution in [0.4, 0.5) is 13.2 Å². The van der Waals surface area contributed by atoms with Gasteiger partial charge in [-0.05, 0) is 12.8 Å². The Morgan fingerprint density at radius 1 is 1.41 bits per heavy atom. The van der Waals surface area contributed by atoms with E-state index in [4.69, 9.17) is 5.11 Å². The zero-order valence-electron chi connectivity index (χ0n) is 8.96. The fraction of sp³-hybridized carbons (Fsp3) is 0.778. The van der Waals surface area contributed by atoms with Gasteiger partial charge in [-0.3, -0.25) is 4.79 Å². The van der Waals surface area contributed by atoms with E-state index in [1.165, 1.54) is 0 Å². The Morgan fingerprint density at radius 2 is 2.06 bits per heavy atom. The van der Waals surface area contributed by atoms with Crippen LogP contribution < -0.4 is 5.32 Å². The Morgan fingerprint density at radius 3 is 2.59 bits per heavy atom. The van der Waals surface area contributed by atoms with Gasteiger partial charge in [-0.2, -0.15) is 13.2 Å². The molecule has 0 aliphatic carbocycles. The summed E-state index contributed by atoms with van der Waals surface area (Å²) in [4.78, 5) is 23.3. The maximum atomic E-state index is 11.8. The van der Waals surface area contributed by atoms with Crippen molar-refractivity contribution in [3.63, 3.8) is 0 Å². The molecule has 1 aliphatic rings. The molecular formula is C9H13F3N2O3. The third-order valence-electron chi connectivity index (χ3n) is 2.46. The number of carboxylic acid groups (broad SMARTS) is 1. The zero-order valence-corrected chi connectivity index (χ0v) is 8.96. The van der Waals surface area contributed by atoms with Crippen molar-refractivity contribution in [2.75, 3.05) is 19.6 Å². The quantitative estimate of drug-likeness (QED) is 0.752. The van der Waals surface area contributed by atoms with Crippen molar-refractivity contribution in [2.45, 2.75) is 25.1 Å². The first-order valence-corrected chi connectivity index (χ1v) is 5.11. The molecule has 1 heterocycles. The van der Waals surface area contributed by atoms with E-state index < -0.39 is 37.2 Å². The van der Waals surface area contributed by atoms with Crippen LogP contribution in [0.3, 0.4) is 0 Å². The van der Waals surface area contributed by atoms with Crippen LogP contribution >= 0.6 is 0 Å². The molecule has 17 heavy (non-hydrogen) atoms. The Hall–Kier alpha value is -1.31. The van der Waals surface area contributed by atoms with Crippen LogP contribution in [0.5, 0.6) is 0 Å². The van der Waals surface area contributed by atoms with Crippen molar-refractivity contribution in [1.29, 1.82) is 0 Å². The van der Waals surface area contributed by atoms with Gasteiger partial charge in [-0.25, -0.2) is 4.79 Å². The van der Waals surface area contributed by atoms with Crippen LogP contribution in [0.2, 0.25) is 0 Å². The summed E-state index contributed by atoms with van der Waals surface area (Å²) >= 11 is 0. The summed E-state index contributed by atoms with van der Waals surface area (Å²) in [5.74, 6) is -1.73. The molecule has 1 saturated heterocycles. The van der Waals surface area contributed by atoms with Gasteiger partial charge in [0.1, 0.15) is 6.04 Å². The summed E-state index contributed by atoms with van der Waals surface area (Å²) in [6.45, 7) is -1.48. The highest BCUT2D eigenvalue weighted by molar-refractivity contribution is 5.85. The number of carbonyl (C=O) groups is 2. The number of carbonyl (C=O) groups excluding carboxylic acids is 1. The molecular weight excluding hydrogens is 241 g/mol. The van der Waals surface area contributed by atoms with Crippen molar-refractivity contribution in [1.82, 2.24) is 10.2 Å². The molecule has 0 aromatic rings. The molecule has 1 unspecified atom stereocenters. The van der Waals surface area contributed by atoms with Crippen LogP contribution in [0.25, 0.3) is 0 Å². The average Bonchev–Trinajstić information content (AvgIpc) is 2.63. The van der Waals surface area contributed by atoms with Crippen LogP contribution in [0.15, 0.2) is 0 Å². The molecule has 0 saturated carbocycles. The molecule has 1 rings (SSSR count). The van der Waals surface area contributed by atoms with Gasteiger partial charge in [0, 0.05) is 6.54 Å². The van der Waals surface area contributed by atoms with Gasteiger partial charge in [0.2, 0.25) is 5.91 Å². The minimum Gasteiger partial charge on any atom is -0.480 e. The summed E-state index contributed by atoms with van der Waals surface area (Å²) in [7, 11) is 0. The summed E-state index contributed by atoms with van der Waals surface area (Å²) in [5.41, 5.74) is 0. The molecule has 1 atom stereocenters. The van der Waals surface area contributed by atoms with Gasteiger partial charge in [0.25, 0.3) is 0 Å². The number of halogens is 3. The molecule has 8 heteroatoms. The fourth-order valence-electron chi connectivity index (χ4n) is 1.73. The highest BCUT2D eigenvalue weighted by Crippen LogP contribution is 2.17. The average molecular weight is 254 g/mol. The molecule has 0 bridgehead atoms. The Kier molecular flexibility index (Phi) is 4.33. The molecule has 0 aromatic carbocycles. The van der Waals surface area contributed by atoms with Gasteiger partial charge >= 0.3 is 12.1 Å². The first-order chi connectivity index (χ1) is 7.81. The number of amides is 1. The van der Waals surface area contributed by atoms with Crippen LogP contribution in [-0.4, -0.2) is 53.7 Å². The largest absolute Gasteiger partial charge is 0.480 e. The molecule has 1 aliphatic heterocycles. The van der Waals surface area contributed by atoms with Gasteiger partial charge in [-0.15, -0.1) is 0 Å². The summed E-state index contributed by atoms with van der Waals surface area (Å²) in [6, 6.07) is -0.907. The minimum atomic E-state index is -4.38. The highest BCUT2D eigenvalue weighted by atomic mass is 19.4. The van der Waals surface area contributed by atoms with Crippen molar-refractivity contribution in [3.8, 4) is 0 Å². The van der Waals surface area contributed by atoms with E-state index in [0.29, 0.717) is 12.8 Å². The number of hydrogen-bond donors (Lipinski definition) is 2. The summed E-state index contributed by atoms with van der Waals surface area (Å²) < 4.78 is 35.4. The molecule has 5 nitrogen and oxygen atoms in total. The number of aliphatic carboxylic acids is 1. The normalized spacial score (nSPS) is 20.6. The van der Waals surface area contributed by atoms with E-state index >= 15 is 0 Å². The summed E-state index contributed by atoms with van der Waals surface area (Å²) in [5, 5.41) is 10.7. The van der Waals surface area contributed by atoms with E-state index in [2.05, 4.69) is 0 Å². The maximum absolute atomic E-state index is 11.8. The molecule has 2 N–H and O–H groups in total. The van der Waals surface area contributed by atoms with Crippen molar-refractivity contribution in [2.24, 2.45) is 0 Å². The van der Waals surface area contributed by atoms with E-state index in [1.54, 1.807) is 0 Å². The first kappa shape index (κ1) is 13.8. The van der Waals surface area contributed by atoms with Gasteiger partial charge in [0.05, 0.1) is 13.1 Å². The smallest absolute Gasteiger partial charge is 0.401 e. The molecule has 98 valence electrons. The fourth-order valence-corrected chi connectivity index (χ4v) is 1.73. The lowest BCUT2D eigenvalue weighted by Gasteiger charge is -2.21. The van der Waals surface area contributed by atoms with E-state index in [0.717, 1.165) is 4.90 Å². The second kappa shape index (κ2) is 5.35. The van der Waals surface area contributed by atoms with Crippen LogP contribution in [-0.2, 0) is 9.59 Å². The third-order valence-corrected chi connectivity index (χ3v) is 2.46. The second-order valence-electron chi connectivity index (χ2n) is 3.80. The van der Waals surface area contributed by atoms with Crippen LogP contribution in [0, 0.1) is 0 Å². The highest BCUT2D eigenvalue weighted by Gasteiger charge is 2.34. The van der Waals surface area contributed by atoms with E-state index in [-0.39, 0.29) is 6.54 Å². The van der Waals surface area contributed by atoms with Crippen molar-refractivity contribution in [3.05, 3.63) is 0 Å². The van der Waals surface area contributed by atoms with Crippen LogP contribution in [0.1, 0.15) is 12.8 Å². The van der Waals surface area contributed by atoms with Gasteiger partial charge < -0.3 is 15.3 Å². The first-order valence-electron chi connectivity index (χ1n) is 5.11. The zero-order chi connectivity index (χ0) is 13.1. The van der Waals surface area contributed by atoms with E-state index in [1.807, 2.05) is 5.32 Å². The second-order valence-corrected chi connectivity index (χ2v) is 3.80. The summed E-state index contributed by atoms with van der Waals surface area (Å²) in [6.07, 6.45) is -3.47. The molecule has 1 amide bonds. The lowest BCUT2D eigenvalue weighted by molar-refractivity contribution is -0.148. The van der Waals surface area contributed by atoms with Gasteiger partial charge in [-0.1, -0.05) is 0 Å². The monoisotopic (exact) mass is 254 g/mol. The topological polar surface area (TPSA) is 69.6 Å². The van der Waals surface area contributed by atoms with Crippen molar-refractivity contribution < 1.29 is 27.9 Å². The number of nitrogens with zero attached hydrogens (tertiary/aromatic N) is 1. The number of hydrogen-bond acceptors (Lipinski definition) is 3. The Labute approximate surface area is 95.6 Å². The Balaban J connectivity index is 2.40. The van der Waals surface area contributed by atoms with Gasteiger partial charge in [0.15, 0.2) is 0 Å².